The second-order valence-corrected chi connectivity index (χ2v) is 11.5. The largest absolute Gasteiger partial charge is 0.456 e. The number of nitrogens with one attached hydrogen (secondary N) is 1. The third-order valence-electron chi connectivity index (χ3n) is 8.69. The van der Waals surface area contributed by atoms with Gasteiger partial charge in [-0.25, -0.2) is 0 Å². The minimum absolute atomic E-state index is 0.778. The van der Waals surface area contributed by atoms with Crippen LogP contribution in [-0.4, -0.2) is 0 Å². The summed E-state index contributed by atoms with van der Waals surface area (Å²) in [5.41, 5.74) is 11.3. The monoisotopic (exact) mass is 571 g/mol. The Bertz CT molecular complexity index is 1970. The lowest BCUT2D eigenvalue weighted by Gasteiger charge is -2.23. The van der Waals surface area contributed by atoms with Gasteiger partial charge in [0.25, 0.3) is 0 Å². The van der Waals surface area contributed by atoms with E-state index in [-0.39, 0.29) is 0 Å². The van der Waals surface area contributed by atoms with Crippen molar-refractivity contribution in [3.05, 3.63) is 156 Å². The Hall–Kier alpha value is -5.28. The van der Waals surface area contributed by atoms with Crippen LogP contribution in [0.25, 0.3) is 27.8 Å². The van der Waals surface area contributed by atoms with E-state index in [0.717, 1.165) is 94.3 Å². The number of fused-ring (bicyclic) bond motifs is 6. The minimum atomic E-state index is 0.778. The number of benzene rings is 4. The smallest absolute Gasteiger partial charge is 0.137 e. The summed E-state index contributed by atoms with van der Waals surface area (Å²) in [6.07, 6.45) is 23.1. The van der Waals surface area contributed by atoms with Gasteiger partial charge >= 0.3 is 0 Å². The number of allylic oxidation sites excluding steroid dienone is 11. The number of anilines is 1. The van der Waals surface area contributed by atoms with Crippen molar-refractivity contribution in [3.8, 4) is 45.3 Å². The van der Waals surface area contributed by atoms with E-state index in [9.17, 15) is 0 Å². The summed E-state index contributed by atoms with van der Waals surface area (Å²) in [7, 11) is 0. The zero-order chi connectivity index (χ0) is 29.3. The van der Waals surface area contributed by atoms with Crippen LogP contribution < -0.4 is 14.8 Å². The molecule has 0 saturated carbocycles. The van der Waals surface area contributed by atoms with E-state index in [1.54, 1.807) is 0 Å². The second kappa shape index (κ2) is 11.4. The van der Waals surface area contributed by atoms with E-state index < -0.39 is 0 Å². The molecule has 3 aliphatic carbocycles. The minimum Gasteiger partial charge on any atom is -0.456 e. The van der Waals surface area contributed by atoms with E-state index >= 15 is 0 Å². The molecule has 0 radical (unpaired) electrons. The van der Waals surface area contributed by atoms with E-state index in [1.807, 2.05) is 36.4 Å². The van der Waals surface area contributed by atoms with Crippen LogP contribution in [0.4, 0.5) is 5.69 Å². The first-order valence-corrected chi connectivity index (χ1v) is 15.5. The van der Waals surface area contributed by atoms with Crippen LogP contribution in [0.3, 0.4) is 0 Å². The van der Waals surface area contributed by atoms with Gasteiger partial charge in [-0.2, -0.15) is 0 Å². The predicted molar refractivity (Wildman–Crippen MR) is 181 cm³/mol. The van der Waals surface area contributed by atoms with E-state index in [4.69, 9.17) is 9.47 Å². The van der Waals surface area contributed by atoms with Gasteiger partial charge in [-0.15, -0.1) is 0 Å². The maximum atomic E-state index is 6.86. The summed E-state index contributed by atoms with van der Waals surface area (Å²) in [5.74, 6) is 3.18. The summed E-state index contributed by atoms with van der Waals surface area (Å²) >= 11 is 0. The summed E-state index contributed by atoms with van der Waals surface area (Å²) in [4.78, 5) is 0. The Labute approximate surface area is 258 Å². The highest BCUT2D eigenvalue weighted by molar-refractivity contribution is 5.85. The maximum absolute atomic E-state index is 6.86. The van der Waals surface area contributed by atoms with Crippen molar-refractivity contribution in [2.75, 3.05) is 5.32 Å². The van der Waals surface area contributed by atoms with Crippen LogP contribution in [0.1, 0.15) is 37.7 Å². The molecule has 3 heteroatoms. The second-order valence-electron chi connectivity index (χ2n) is 11.5. The highest BCUT2D eigenvalue weighted by Crippen LogP contribution is 2.48. The Balaban J connectivity index is 1.28. The molecule has 0 saturated heterocycles. The van der Waals surface area contributed by atoms with Crippen LogP contribution >= 0.6 is 0 Å². The van der Waals surface area contributed by atoms with Crippen LogP contribution in [0.5, 0.6) is 23.0 Å². The van der Waals surface area contributed by atoms with Crippen LogP contribution in [0.2, 0.25) is 0 Å². The van der Waals surface area contributed by atoms with Crippen LogP contribution in [0, 0.1) is 0 Å². The van der Waals surface area contributed by atoms with E-state index in [1.165, 1.54) is 16.7 Å². The number of hydrogen-bond acceptors (Lipinski definition) is 3. The fourth-order valence-electron chi connectivity index (χ4n) is 6.48. The van der Waals surface area contributed by atoms with Gasteiger partial charge in [-0.05, 0) is 96.9 Å². The fourth-order valence-corrected chi connectivity index (χ4v) is 6.48. The number of para-hydroxylation sites is 2. The highest BCUT2D eigenvalue weighted by atomic mass is 16.5. The topological polar surface area (TPSA) is 30.5 Å². The molecule has 0 atom stereocenters. The van der Waals surface area contributed by atoms with Gasteiger partial charge < -0.3 is 14.8 Å². The van der Waals surface area contributed by atoms with Crippen molar-refractivity contribution in [1.29, 1.82) is 0 Å². The Morgan fingerprint density at radius 2 is 1.30 bits per heavy atom. The van der Waals surface area contributed by atoms with Gasteiger partial charge in [0.1, 0.15) is 23.0 Å². The third kappa shape index (κ3) is 5.01. The first kappa shape index (κ1) is 26.4. The normalized spacial score (nSPS) is 16.5. The molecule has 4 aromatic carbocycles. The van der Waals surface area contributed by atoms with Gasteiger partial charge in [0, 0.05) is 39.7 Å². The predicted octanol–water partition coefficient (Wildman–Crippen LogP) is 11.6. The average Bonchev–Trinajstić information content (AvgIpc) is 3.61. The molecule has 3 nitrogen and oxygen atoms in total. The first-order valence-electron chi connectivity index (χ1n) is 15.5. The quantitative estimate of drug-likeness (QED) is 0.233. The molecular formula is C41H33NO2. The Morgan fingerprint density at radius 1 is 0.591 bits per heavy atom. The number of ether oxygens (including phenoxy) is 2. The zero-order valence-electron chi connectivity index (χ0n) is 24.6. The molecule has 0 bridgehead atoms. The molecule has 8 rings (SSSR count). The van der Waals surface area contributed by atoms with Crippen molar-refractivity contribution in [3.63, 3.8) is 0 Å². The van der Waals surface area contributed by atoms with Gasteiger partial charge in [0.15, 0.2) is 0 Å². The molecule has 4 aliphatic rings. The lowest BCUT2D eigenvalue weighted by Crippen LogP contribution is -2.06. The Morgan fingerprint density at radius 3 is 2.02 bits per heavy atom. The molecule has 0 aromatic heterocycles. The van der Waals surface area contributed by atoms with Gasteiger partial charge in [-0.3, -0.25) is 0 Å². The van der Waals surface area contributed by atoms with Gasteiger partial charge in [0.05, 0.1) is 0 Å². The molecule has 0 unspecified atom stereocenters. The Kier molecular flexibility index (Phi) is 6.84. The van der Waals surface area contributed by atoms with E-state index in [0.29, 0.717) is 0 Å². The maximum Gasteiger partial charge on any atom is 0.137 e. The number of hydrogen-bond donors (Lipinski definition) is 1. The molecule has 0 spiro atoms. The lowest BCUT2D eigenvalue weighted by molar-refractivity contribution is 0.472. The van der Waals surface area contributed by atoms with Crippen molar-refractivity contribution < 1.29 is 9.47 Å². The number of rotatable bonds is 4. The van der Waals surface area contributed by atoms with Crippen LogP contribution in [-0.2, 0) is 0 Å². The van der Waals surface area contributed by atoms with Gasteiger partial charge in [-0.1, -0.05) is 85.0 Å². The highest BCUT2D eigenvalue weighted by Gasteiger charge is 2.22. The molecule has 1 heterocycles. The van der Waals surface area contributed by atoms with Crippen molar-refractivity contribution in [2.45, 2.75) is 32.1 Å². The lowest BCUT2D eigenvalue weighted by atomic mass is 9.93. The average molecular weight is 572 g/mol. The third-order valence-corrected chi connectivity index (χ3v) is 8.69. The summed E-state index contributed by atoms with van der Waals surface area (Å²) in [5, 5.41) is 3.74. The molecule has 44 heavy (non-hydrogen) atoms. The zero-order valence-corrected chi connectivity index (χ0v) is 24.6. The first-order chi connectivity index (χ1) is 21.8. The molecule has 1 N–H and O–H groups in total. The summed E-state index contributed by atoms with van der Waals surface area (Å²) in [6, 6.07) is 29.4. The standard InChI is InChI=1S/C41H33NO2/c1-2-12-28(13-3-1)30-22-24-35-36-25-23-31(42-37-19-9-6-16-32(37)29-14-4-5-15-29)27-41(36)44-39-21-11-8-18-34(39)33-17-7-10-20-38(33)43-40(35)26-30/h2,4-5,7-14,17-27,42H,1,3,6,15-16H2. The molecule has 4 aromatic rings. The van der Waals surface area contributed by atoms with Crippen molar-refractivity contribution in [2.24, 2.45) is 0 Å². The summed E-state index contributed by atoms with van der Waals surface area (Å²) in [6.45, 7) is 0. The fraction of sp³-hybridized carbons (Fsp3) is 0.122. The summed E-state index contributed by atoms with van der Waals surface area (Å²) < 4.78 is 13.7. The van der Waals surface area contributed by atoms with Crippen molar-refractivity contribution in [1.82, 2.24) is 0 Å². The van der Waals surface area contributed by atoms with Gasteiger partial charge in [0.2, 0.25) is 0 Å². The van der Waals surface area contributed by atoms with Crippen LogP contribution in [0.15, 0.2) is 150 Å². The molecule has 214 valence electrons. The van der Waals surface area contributed by atoms with Crippen molar-refractivity contribution >= 4 is 11.3 Å². The SMILES string of the molecule is C1=CCC(C2=C(Nc3ccc4c(c3)Oc3ccccc3-c3ccccc3Oc3cc(C5=CCCC=C5)ccc3-4)C=CCC2)=C1. The molecular weight excluding hydrogens is 538 g/mol. The molecule has 0 fully saturated rings. The molecule has 0 amide bonds. The van der Waals surface area contributed by atoms with E-state index in [2.05, 4.69) is 102 Å². The molecule has 1 aliphatic heterocycles.